The number of nitrogens with one attached hydrogen (secondary N) is 2. The van der Waals surface area contributed by atoms with Gasteiger partial charge < -0.3 is 25.7 Å². The molecular weight excluding hydrogens is 467 g/mol. The van der Waals surface area contributed by atoms with Crippen molar-refractivity contribution in [2.45, 2.75) is 19.0 Å². The highest BCUT2D eigenvalue weighted by atomic mass is 19.4. The van der Waals surface area contributed by atoms with Gasteiger partial charge in [-0.3, -0.25) is 9.59 Å². The molecule has 0 atom stereocenters. The van der Waals surface area contributed by atoms with Crippen LogP contribution in [0.2, 0.25) is 0 Å². The summed E-state index contributed by atoms with van der Waals surface area (Å²) in [6.07, 6.45) is -4.38. The van der Waals surface area contributed by atoms with Crippen LogP contribution in [-0.2, 0) is 17.4 Å². The molecule has 0 bridgehead atoms. The minimum atomic E-state index is -4.90. The van der Waals surface area contributed by atoms with E-state index in [4.69, 9.17) is 10.2 Å². The highest BCUT2D eigenvalue weighted by Crippen LogP contribution is 2.36. The maximum atomic E-state index is 13.2. The Balaban J connectivity index is 1.40. The number of carbonyl (C=O) groups is 3. The van der Waals surface area contributed by atoms with Crippen LogP contribution in [0.5, 0.6) is 0 Å². The first-order chi connectivity index (χ1) is 16.6. The van der Waals surface area contributed by atoms with Gasteiger partial charge in [-0.05, 0) is 42.3 Å². The standard InChI is InChI=1S/C23H20F3N5O4/c24-23(25,26)19-18(20(27)33)35-21(30-19)14-6-7-16-13(12-14)9-11-31(16)17(32)8-10-28-22(34)29-15-4-2-1-3-5-15/h1-7,12H,8-11H2,(H2,27,33)(H2,28,29,34). The number of alkyl halides is 3. The molecule has 0 saturated carbocycles. The number of hydrogen-bond donors (Lipinski definition) is 3. The summed E-state index contributed by atoms with van der Waals surface area (Å²) in [4.78, 5) is 41.0. The van der Waals surface area contributed by atoms with Crippen LogP contribution in [0.3, 0.4) is 0 Å². The molecule has 35 heavy (non-hydrogen) atoms. The Morgan fingerprint density at radius 1 is 1.11 bits per heavy atom. The SMILES string of the molecule is NC(=O)c1oc(-c2ccc3c(c2)CCN3C(=O)CCNC(=O)Nc2ccccc2)nc1C(F)(F)F. The van der Waals surface area contributed by atoms with E-state index in [9.17, 15) is 27.6 Å². The second kappa shape index (κ2) is 9.49. The summed E-state index contributed by atoms with van der Waals surface area (Å²) in [6, 6.07) is 13.0. The highest BCUT2D eigenvalue weighted by Gasteiger charge is 2.41. The first-order valence-corrected chi connectivity index (χ1v) is 10.5. The lowest BCUT2D eigenvalue weighted by Gasteiger charge is -2.17. The lowest BCUT2D eigenvalue weighted by Crippen LogP contribution is -2.35. The predicted octanol–water partition coefficient (Wildman–Crippen LogP) is 3.56. The summed E-state index contributed by atoms with van der Waals surface area (Å²) in [5, 5.41) is 5.28. The molecule has 0 radical (unpaired) electrons. The van der Waals surface area contributed by atoms with Crippen molar-refractivity contribution in [1.29, 1.82) is 0 Å². The van der Waals surface area contributed by atoms with Crippen molar-refractivity contribution in [3.05, 3.63) is 65.5 Å². The second-order valence-corrected chi connectivity index (χ2v) is 7.69. The van der Waals surface area contributed by atoms with Crippen molar-refractivity contribution >= 4 is 29.2 Å². The first-order valence-electron chi connectivity index (χ1n) is 10.5. The molecule has 9 nitrogen and oxygen atoms in total. The van der Waals surface area contributed by atoms with E-state index in [0.717, 1.165) is 0 Å². The molecule has 0 aliphatic carbocycles. The van der Waals surface area contributed by atoms with Crippen LogP contribution in [0.1, 0.15) is 28.2 Å². The van der Waals surface area contributed by atoms with Gasteiger partial charge in [0.05, 0.1) is 0 Å². The van der Waals surface area contributed by atoms with Gasteiger partial charge in [-0.15, -0.1) is 0 Å². The lowest BCUT2D eigenvalue weighted by molar-refractivity contribution is -0.141. The number of benzene rings is 2. The molecule has 0 saturated heterocycles. The van der Waals surface area contributed by atoms with Gasteiger partial charge in [-0.1, -0.05) is 18.2 Å². The third kappa shape index (κ3) is 5.26. The van der Waals surface area contributed by atoms with Gasteiger partial charge in [0.25, 0.3) is 5.91 Å². The van der Waals surface area contributed by atoms with Crippen LogP contribution in [0.25, 0.3) is 11.5 Å². The Hall–Kier alpha value is -4.35. The molecule has 2 heterocycles. The second-order valence-electron chi connectivity index (χ2n) is 7.69. The number of nitrogens with zero attached hydrogens (tertiary/aromatic N) is 2. The third-order valence-electron chi connectivity index (χ3n) is 5.30. The smallest absolute Gasteiger partial charge is 0.430 e. The quantitative estimate of drug-likeness (QED) is 0.490. The molecule has 1 aliphatic heterocycles. The van der Waals surface area contributed by atoms with Crippen molar-refractivity contribution in [3.63, 3.8) is 0 Å². The lowest BCUT2D eigenvalue weighted by atomic mass is 10.1. The van der Waals surface area contributed by atoms with Crippen molar-refractivity contribution in [2.75, 3.05) is 23.3 Å². The zero-order valence-electron chi connectivity index (χ0n) is 18.2. The number of para-hydroxylation sites is 1. The summed E-state index contributed by atoms with van der Waals surface area (Å²) in [7, 11) is 0. The average Bonchev–Trinajstić information content (AvgIpc) is 3.44. The van der Waals surface area contributed by atoms with Crippen molar-refractivity contribution < 1.29 is 32.0 Å². The molecule has 0 unspecified atom stereocenters. The van der Waals surface area contributed by atoms with Gasteiger partial charge in [-0.25, -0.2) is 9.78 Å². The number of hydrogen-bond acceptors (Lipinski definition) is 5. The zero-order chi connectivity index (χ0) is 25.2. The molecular formula is C23H20F3N5O4. The Bertz CT molecular complexity index is 1270. The molecule has 4 amide bonds. The number of oxazole rings is 1. The summed E-state index contributed by atoms with van der Waals surface area (Å²) in [6.45, 7) is 0.494. The summed E-state index contributed by atoms with van der Waals surface area (Å²) in [5.41, 5.74) is 5.66. The number of nitrogens with two attached hydrogens (primary N) is 1. The Morgan fingerprint density at radius 3 is 2.51 bits per heavy atom. The maximum absolute atomic E-state index is 13.2. The average molecular weight is 487 g/mol. The number of rotatable bonds is 6. The molecule has 1 aliphatic rings. The highest BCUT2D eigenvalue weighted by molar-refractivity contribution is 5.96. The number of primary amides is 1. The van der Waals surface area contributed by atoms with Crippen molar-refractivity contribution in [2.24, 2.45) is 5.73 Å². The van der Waals surface area contributed by atoms with Crippen LogP contribution in [0.4, 0.5) is 29.3 Å². The monoisotopic (exact) mass is 487 g/mol. The number of carbonyl (C=O) groups excluding carboxylic acids is 3. The van der Waals surface area contributed by atoms with Crippen LogP contribution in [0, 0.1) is 0 Å². The summed E-state index contributed by atoms with van der Waals surface area (Å²) >= 11 is 0. The molecule has 3 aromatic rings. The number of aromatic nitrogens is 1. The van der Waals surface area contributed by atoms with Crippen LogP contribution >= 0.6 is 0 Å². The fourth-order valence-corrected chi connectivity index (χ4v) is 3.71. The molecule has 12 heteroatoms. The van der Waals surface area contributed by atoms with E-state index in [0.29, 0.717) is 29.9 Å². The first kappa shape index (κ1) is 23.8. The van der Waals surface area contributed by atoms with Gasteiger partial charge >= 0.3 is 12.2 Å². The van der Waals surface area contributed by atoms with E-state index >= 15 is 0 Å². The number of fused-ring (bicyclic) bond motifs is 1. The largest absolute Gasteiger partial charge is 0.437 e. The molecule has 2 aromatic carbocycles. The van der Waals surface area contributed by atoms with Gasteiger partial charge in [0.2, 0.25) is 17.6 Å². The maximum Gasteiger partial charge on any atom is 0.437 e. The molecule has 4 rings (SSSR count). The fourth-order valence-electron chi connectivity index (χ4n) is 3.71. The number of amides is 4. The molecule has 4 N–H and O–H groups in total. The van der Waals surface area contributed by atoms with Crippen molar-refractivity contribution in [3.8, 4) is 11.5 Å². The molecule has 1 aromatic heterocycles. The Morgan fingerprint density at radius 2 is 1.86 bits per heavy atom. The van der Waals surface area contributed by atoms with Gasteiger partial charge in [0, 0.05) is 36.4 Å². The minimum absolute atomic E-state index is 0.0556. The van der Waals surface area contributed by atoms with Crippen molar-refractivity contribution in [1.82, 2.24) is 10.3 Å². The topological polar surface area (TPSA) is 131 Å². The molecule has 0 spiro atoms. The fraction of sp³-hybridized carbons (Fsp3) is 0.217. The zero-order valence-corrected chi connectivity index (χ0v) is 18.2. The Kier molecular flexibility index (Phi) is 6.45. The van der Waals surface area contributed by atoms with E-state index in [1.165, 1.54) is 6.07 Å². The summed E-state index contributed by atoms with van der Waals surface area (Å²) < 4.78 is 44.5. The minimum Gasteiger partial charge on any atom is -0.430 e. The van der Waals surface area contributed by atoms with Gasteiger partial charge in [0.15, 0.2) is 5.69 Å². The number of halogens is 3. The Labute approximate surface area is 197 Å². The number of urea groups is 1. The van der Waals surface area contributed by atoms with E-state index in [2.05, 4.69) is 15.6 Å². The summed E-state index contributed by atoms with van der Waals surface area (Å²) in [5.74, 6) is -3.05. The normalized spacial score (nSPS) is 12.8. The van der Waals surface area contributed by atoms with Gasteiger partial charge in [-0.2, -0.15) is 13.2 Å². The third-order valence-corrected chi connectivity index (χ3v) is 5.30. The van der Waals surface area contributed by atoms with E-state index in [1.54, 1.807) is 41.3 Å². The van der Waals surface area contributed by atoms with Gasteiger partial charge in [0.1, 0.15) is 0 Å². The molecule has 182 valence electrons. The van der Waals surface area contributed by atoms with Crippen LogP contribution in [-0.4, -0.2) is 35.9 Å². The van der Waals surface area contributed by atoms with Crippen LogP contribution < -0.4 is 21.3 Å². The number of anilines is 2. The van der Waals surface area contributed by atoms with E-state index < -0.39 is 35.5 Å². The van der Waals surface area contributed by atoms with E-state index in [-0.39, 0.29) is 24.4 Å². The molecule has 0 fully saturated rings. The predicted molar refractivity (Wildman–Crippen MR) is 120 cm³/mol. The van der Waals surface area contributed by atoms with E-state index in [1.807, 2.05) is 6.07 Å². The van der Waals surface area contributed by atoms with Crippen LogP contribution in [0.15, 0.2) is 52.9 Å².